The maximum atomic E-state index is 11.8. The molecule has 3 nitrogen and oxygen atoms in total. The number of carbonyl (C=O) groups excluding carboxylic acids is 1. The molecule has 3 heteroatoms. The lowest BCUT2D eigenvalue weighted by Gasteiger charge is -2.20. The van der Waals surface area contributed by atoms with Crippen molar-refractivity contribution < 1.29 is 4.79 Å². The predicted octanol–water partition coefficient (Wildman–Crippen LogP) is 0.528. The summed E-state index contributed by atoms with van der Waals surface area (Å²) >= 11 is 0. The molecule has 0 aromatic heterocycles. The highest BCUT2D eigenvalue weighted by Crippen LogP contribution is 2.12. The second-order valence-corrected chi connectivity index (χ2v) is 3.69. The van der Waals surface area contributed by atoms with Gasteiger partial charge in [0.2, 0.25) is 0 Å². The first kappa shape index (κ1) is 8.75. The Labute approximate surface area is 78.8 Å². The molecule has 2 aliphatic heterocycles. The molecule has 1 saturated heterocycles. The largest absolute Gasteiger partial charge is 0.339 e. The highest BCUT2D eigenvalue weighted by molar-refractivity contribution is 5.94. The van der Waals surface area contributed by atoms with Crippen molar-refractivity contribution >= 4 is 5.91 Å². The lowest BCUT2D eigenvalue weighted by atomic mass is 10.1. The normalized spacial score (nSPS) is 23.1. The van der Waals surface area contributed by atoms with Gasteiger partial charge in [-0.05, 0) is 25.8 Å². The van der Waals surface area contributed by atoms with E-state index in [2.05, 4.69) is 11.4 Å². The lowest BCUT2D eigenvalue weighted by molar-refractivity contribution is -0.126. The topological polar surface area (TPSA) is 32.3 Å². The number of hydrogen-bond donors (Lipinski definition) is 1. The standard InChI is InChI=1S/C10H16N2O/c13-10(12-6-1-2-7-12)9-4-3-5-11-8-9/h4,11H,1-3,5-8H2. The van der Waals surface area contributed by atoms with E-state index in [1.54, 1.807) is 0 Å². The lowest BCUT2D eigenvalue weighted by Crippen LogP contribution is -2.35. The molecule has 0 bridgehead atoms. The van der Waals surface area contributed by atoms with E-state index in [-0.39, 0.29) is 5.91 Å². The first-order valence-electron chi connectivity index (χ1n) is 5.07. The summed E-state index contributed by atoms with van der Waals surface area (Å²) < 4.78 is 0. The van der Waals surface area contributed by atoms with E-state index in [1.807, 2.05) is 4.90 Å². The van der Waals surface area contributed by atoms with Crippen LogP contribution >= 0.6 is 0 Å². The van der Waals surface area contributed by atoms with Crippen LogP contribution in [-0.2, 0) is 4.79 Å². The van der Waals surface area contributed by atoms with E-state index >= 15 is 0 Å². The van der Waals surface area contributed by atoms with Crippen molar-refractivity contribution in [2.24, 2.45) is 0 Å². The molecule has 2 aliphatic rings. The second kappa shape index (κ2) is 3.92. The number of carbonyl (C=O) groups is 1. The molecule has 0 unspecified atom stereocenters. The summed E-state index contributed by atoms with van der Waals surface area (Å²) in [6.45, 7) is 3.68. The zero-order chi connectivity index (χ0) is 9.10. The Morgan fingerprint density at radius 1 is 1.38 bits per heavy atom. The highest BCUT2D eigenvalue weighted by Gasteiger charge is 2.21. The van der Waals surface area contributed by atoms with Crippen molar-refractivity contribution in [2.75, 3.05) is 26.2 Å². The molecule has 0 radical (unpaired) electrons. The minimum absolute atomic E-state index is 0.254. The first-order valence-corrected chi connectivity index (χ1v) is 5.07. The Bertz CT molecular complexity index is 229. The van der Waals surface area contributed by atoms with Gasteiger partial charge in [0.15, 0.2) is 0 Å². The molecule has 0 saturated carbocycles. The number of nitrogens with zero attached hydrogens (tertiary/aromatic N) is 1. The molecule has 72 valence electrons. The van der Waals surface area contributed by atoms with Gasteiger partial charge in [-0.15, -0.1) is 0 Å². The van der Waals surface area contributed by atoms with Crippen LogP contribution in [0.5, 0.6) is 0 Å². The summed E-state index contributed by atoms with van der Waals surface area (Å²) in [5, 5.41) is 3.22. The summed E-state index contributed by atoms with van der Waals surface area (Å²) in [4.78, 5) is 13.8. The average Bonchev–Trinajstić information content (AvgIpc) is 2.71. The van der Waals surface area contributed by atoms with E-state index in [0.717, 1.165) is 38.2 Å². The molecule has 0 aliphatic carbocycles. The summed E-state index contributed by atoms with van der Waals surface area (Å²) in [5.41, 5.74) is 0.966. The Morgan fingerprint density at radius 3 is 2.77 bits per heavy atom. The zero-order valence-electron chi connectivity index (χ0n) is 7.88. The monoisotopic (exact) mass is 180 g/mol. The van der Waals surface area contributed by atoms with Gasteiger partial charge in [0.25, 0.3) is 5.91 Å². The number of hydrogen-bond acceptors (Lipinski definition) is 2. The molecule has 2 rings (SSSR count). The van der Waals surface area contributed by atoms with Crippen molar-refractivity contribution in [3.8, 4) is 0 Å². The third kappa shape index (κ3) is 1.91. The van der Waals surface area contributed by atoms with Gasteiger partial charge in [-0.3, -0.25) is 4.79 Å². The Hall–Kier alpha value is -0.830. The molecular weight excluding hydrogens is 164 g/mol. The van der Waals surface area contributed by atoms with Crippen molar-refractivity contribution in [3.63, 3.8) is 0 Å². The molecule has 2 heterocycles. The molecule has 13 heavy (non-hydrogen) atoms. The summed E-state index contributed by atoms with van der Waals surface area (Å²) in [6, 6.07) is 0. The van der Waals surface area contributed by atoms with E-state index in [0.29, 0.717) is 0 Å². The number of amides is 1. The second-order valence-electron chi connectivity index (χ2n) is 3.69. The average molecular weight is 180 g/mol. The van der Waals surface area contributed by atoms with E-state index in [4.69, 9.17) is 0 Å². The van der Waals surface area contributed by atoms with Gasteiger partial charge in [-0.2, -0.15) is 0 Å². The molecule has 1 fully saturated rings. The van der Waals surface area contributed by atoms with Crippen molar-refractivity contribution in [1.82, 2.24) is 10.2 Å². The molecule has 0 spiro atoms. The van der Waals surface area contributed by atoms with E-state index in [9.17, 15) is 4.79 Å². The van der Waals surface area contributed by atoms with Crippen molar-refractivity contribution in [2.45, 2.75) is 19.3 Å². The quantitative estimate of drug-likeness (QED) is 0.638. The minimum Gasteiger partial charge on any atom is -0.339 e. The van der Waals surface area contributed by atoms with Gasteiger partial charge in [-0.1, -0.05) is 6.08 Å². The number of likely N-dealkylation sites (tertiary alicyclic amines) is 1. The van der Waals surface area contributed by atoms with Crippen LogP contribution < -0.4 is 5.32 Å². The van der Waals surface area contributed by atoms with Crippen molar-refractivity contribution in [3.05, 3.63) is 11.6 Å². The summed E-state index contributed by atoms with van der Waals surface area (Å²) in [7, 11) is 0. The molecular formula is C10H16N2O. The fourth-order valence-electron chi connectivity index (χ4n) is 1.93. The van der Waals surface area contributed by atoms with Crippen LogP contribution in [-0.4, -0.2) is 37.0 Å². The molecule has 0 atom stereocenters. The SMILES string of the molecule is O=C(C1=CCCNC1)N1CCCC1. The van der Waals surface area contributed by atoms with Gasteiger partial charge in [0.1, 0.15) is 0 Å². The van der Waals surface area contributed by atoms with Crippen LogP contribution in [0, 0.1) is 0 Å². The fraction of sp³-hybridized carbons (Fsp3) is 0.700. The zero-order valence-corrected chi connectivity index (χ0v) is 7.88. The van der Waals surface area contributed by atoms with Crippen LogP contribution in [0.2, 0.25) is 0 Å². The Morgan fingerprint density at radius 2 is 2.15 bits per heavy atom. The molecule has 0 aromatic rings. The number of nitrogens with one attached hydrogen (secondary N) is 1. The van der Waals surface area contributed by atoms with Gasteiger partial charge in [-0.25, -0.2) is 0 Å². The maximum Gasteiger partial charge on any atom is 0.250 e. The van der Waals surface area contributed by atoms with Crippen LogP contribution in [0.15, 0.2) is 11.6 Å². The Kier molecular flexibility index (Phi) is 2.64. The predicted molar refractivity (Wildman–Crippen MR) is 51.4 cm³/mol. The third-order valence-corrected chi connectivity index (χ3v) is 2.70. The summed E-state index contributed by atoms with van der Waals surface area (Å²) in [6.07, 6.45) is 5.42. The molecule has 1 N–H and O–H groups in total. The van der Waals surface area contributed by atoms with Crippen LogP contribution in [0.4, 0.5) is 0 Å². The van der Waals surface area contributed by atoms with E-state index in [1.165, 1.54) is 12.8 Å². The van der Waals surface area contributed by atoms with Crippen LogP contribution in [0.3, 0.4) is 0 Å². The molecule has 1 amide bonds. The van der Waals surface area contributed by atoms with Gasteiger partial charge in [0.05, 0.1) is 0 Å². The van der Waals surface area contributed by atoms with Crippen LogP contribution in [0.25, 0.3) is 0 Å². The third-order valence-electron chi connectivity index (χ3n) is 2.70. The maximum absolute atomic E-state index is 11.8. The minimum atomic E-state index is 0.254. The summed E-state index contributed by atoms with van der Waals surface area (Å²) in [5.74, 6) is 0.254. The van der Waals surface area contributed by atoms with Gasteiger partial charge in [0, 0.05) is 25.2 Å². The highest BCUT2D eigenvalue weighted by atomic mass is 16.2. The van der Waals surface area contributed by atoms with Gasteiger partial charge >= 0.3 is 0 Å². The van der Waals surface area contributed by atoms with E-state index < -0.39 is 0 Å². The first-order chi connectivity index (χ1) is 6.38. The Balaban J connectivity index is 1.98. The molecule has 0 aromatic carbocycles. The fourth-order valence-corrected chi connectivity index (χ4v) is 1.93. The van der Waals surface area contributed by atoms with Crippen molar-refractivity contribution in [1.29, 1.82) is 0 Å². The smallest absolute Gasteiger partial charge is 0.250 e. The number of rotatable bonds is 1. The van der Waals surface area contributed by atoms with Gasteiger partial charge < -0.3 is 10.2 Å². The van der Waals surface area contributed by atoms with Crippen LogP contribution in [0.1, 0.15) is 19.3 Å².